The summed E-state index contributed by atoms with van der Waals surface area (Å²) in [7, 11) is 0. The zero-order valence-corrected chi connectivity index (χ0v) is 5.12. The lowest BCUT2D eigenvalue weighted by Crippen LogP contribution is -2.01. The molecule has 0 aliphatic carbocycles. The number of nitrogens with zero attached hydrogens (tertiary/aromatic N) is 3. The summed E-state index contributed by atoms with van der Waals surface area (Å²) in [6, 6.07) is 0. The van der Waals surface area contributed by atoms with Crippen LogP contribution in [0.25, 0.3) is 0 Å². The first kappa shape index (κ1) is 6.22. The molecule has 1 aromatic heterocycles. The van der Waals surface area contributed by atoms with E-state index in [1.54, 1.807) is 17.1 Å². The molecule has 1 N–H and O–H groups in total. The second-order valence-electron chi connectivity index (χ2n) is 1.77. The molecule has 1 radical (unpaired) electrons. The van der Waals surface area contributed by atoms with Gasteiger partial charge in [-0.1, -0.05) is 5.21 Å². The number of hydrogen-bond donors (Lipinski definition) is 0. The minimum absolute atomic E-state index is 0.458. The molecule has 0 fully saturated rings. The van der Waals surface area contributed by atoms with Gasteiger partial charge in [0.05, 0.1) is 6.20 Å². The lowest BCUT2D eigenvalue weighted by molar-refractivity contribution is 0.561. The highest BCUT2D eigenvalue weighted by molar-refractivity contribution is 4.63. The number of aromatic nitrogens is 3. The van der Waals surface area contributed by atoms with Crippen molar-refractivity contribution in [1.82, 2.24) is 20.7 Å². The summed E-state index contributed by atoms with van der Waals surface area (Å²) < 4.78 is 1.73. The highest BCUT2D eigenvalue weighted by atomic mass is 15.4. The topological polar surface area (TPSA) is 54.5 Å². The molecule has 0 saturated carbocycles. The minimum Gasteiger partial charge on any atom is -0.258 e. The summed E-state index contributed by atoms with van der Waals surface area (Å²) in [5.41, 5.74) is 6.84. The van der Waals surface area contributed by atoms with E-state index >= 15 is 0 Å². The van der Waals surface area contributed by atoms with Crippen LogP contribution >= 0.6 is 0 Å². The summed E-state index contributed by atoms with van der Waals surface area (Å²) in [5, 5.41) is 7.36. The van der Waals surface area contributed by atoms with Gasteiger partial charge in [0.25, 0.3) is 0 Å². The molecule has 0 amide bonds. The smallest absolute Gasteiger partial charge is 0.0692 e. The summed E-state index contributed by atoms with van der Waals surface area (Å²) in [4.78, 5) is 0. The third-order valence-corrected chi connectivity index (χ3v) is 1.04. The predicted octanol–water partition coefficient (Wildman–Crippen LogP) is -0.0489. The van der Waals surface area contributed by atoms with Gasteiger partial charge >= 0.3 is 0 Å². The van der Waals surface area contributed by atoms with Gasteiger partial charge in [0.1, 0.15) is 0 Å². The minimum atomic E-state index is 0.458. The van der Waals surface area contributed by atoms with Crippen molar-refractivity contribution in [2.24, 2.45) is 0 Å². The van der Waals surface area contributed by atoms with Crippen LogP contribution in [0.15, 0.2) is 12.4 Å². The maximum Gasteiger partial charge on any atom is 0.0692 e. The van der Waals surface area contributed by atoms with Gasteiger partial charge in [-0.15, -0.1) is 5.10 Å². The molecule has 0 saturated heterocycles. The van der Waals surface area contributed by atoms with Crippen molar-refractivity contribution in [2.45, 2.75) is 13.0 Å². The molecular weight excluding hydrogens is 116 g/mol. The molecule has 49 valence electrons. The average molecular weight is 125 g/mol. The zero-order valence-electron chi connectivity index (χ0n) is 5.12. The summed E-state index contributed by atoms with van der Waals surface area (Å²) >= 11 is 0. The van der Waals surface area contributed by atoms with Crippen molar-refractivity contribution >= 4 is 0 Å². The van der Waals surface area contributed by atoms with E-state index in [2.05, 4.69) is 10.3 Å². The maximum atomic E-state index is 6.84. The Morgan fingerprint density at radius 3 is 3.00 bits per heavy atom. The van der Waals surface area contributed by atoms with Gasteiger partial charge in [-0.25, -0.2) is 0 Å². The monoisotopic (exact) mass is 125 g/mol. The second kappa shape index (κ2) is 3.19. The van der Waals surface area contributed by atoms with Gasteiger partial charge in [-0.05, 0) is 6.42 Å². The van der Waals surface area contributed by atoms with Gasteiger partial charge in [0.15, 0.2) is 0 Å². The fraction of sp³-hybridized carbons (Fsp3) is 0.600. The number of nitrogens with one attached hydrogen (secondary N) is 1. The maximum absolute atomic E-state index is 6.84. The quantitative estimate of drug-likeness (QED) is 0.568. The standard InChI is InChI=1S/C5H9N4/c6-2-1-4-9-5-3-7-8-9/h3,5-6H,1-2,4H2. The van der Waals surface area contributed by atoms with Crippen LogP contribution < -0.4 is 5.73 Å². The Balaban J connectivity index is 2.30. The zero-order chi connectivity index (χ0) is 6.53. The molecule has 4 heteroatoms. The lowest BCUT2D eigenvalue weighted by Gasteiger charge is -1.93. The van der Waals surface area contributed by atoms with E-state index in [9.17, 15) is 0 Å². The number of hydrogen-bond acceptors (Lipinski definition) is 2. The molecule has 1 aromatic rings. The van der Waals surface area contributed by atoms with Crippen LogP contribution in [0.2, 0.25) is 0 Å². The van der Waals surface area contributed by atoms with Crippen LogP contribution in [-0.4, -0.2) is 21.5 Å². The predicted molar refractivity (Wildman–Crippen MR) is 32.6 cm³/mol. The van der Waals surface area contributed by atoms with Gasteiger partial charge in [-0.2, -0.15) is 0 Å². The van der Waals surface area contributed by atoms with Gasteiger partial charge in [0, 0.05) is 19.3 Å². The molecule has 0 bridgehead atoms. The summed E-state index contributed by atoms with van der Waals surface area (Å²) in [6.45, 7) is 1.27. The SMILES string of the molecule is [NH]CCCn1ccnn1. The second-order valence-corrected chi connectivity index (χ2v) is 1.77. The van der Waals surface area contributed by atoms with Crippen molar-refractivity contribution in [3.05, 3.63) is 12.4 Å². The van der Waals surface area contributed by atoms with Crippen molar-refractivity contribution in [2.75, 3.05) is 6.54 Å². The first-order valence-electron chi connectivity index (χ1n) is 2.92. The van der Waals surface area contributed by atoms with Gasteiger partial charge in [-0.3, -0.25) is 10.4 Å². The molecule has 0 unspecified atom stereocenters. The first-order valence-corrected chi connectivity index (χ1v) is 2.92. The Morgan fingerprint density at radius 1 is 1.56 bits per heavy atom. The van der Waals surface area contributed by atoms with E-state index in [1.807, 2.05) is 0 Å². The third kappa shape index (κ3) is 1.81. The molecule has 1 rings (SSSR count). The van der Waals surface area contributed by atoms with E-state index in [0.29, 0.717) is 6.54 Å². The summed E-state index contributed by atoms with van der Waals surface area (Å²) in [5.74, 6) is 0. The molecule has 0 aromatic carbocycles. The van der Waals surface area contributed by atoms with Crippen LogP contribution in [0, 0.1) is 0 Å². The van der Waals surface area contributed by atoms with E-state index in [0.717, 1.165) is 13.0 Å². The van der Waals surface area contributed by atoms with Crippen LogP contribution in [0.5, 0.6) is 0 Å². The van der Waals surface area contributed by atoms with E-state index in [-0.39, 0.29) is 0 Å². The van der Waals surface area contributed by atoms with E-state index in [1.165, 1.54) is 0 Å². The molecule has 0 aliphatic heterocycles. The van der Waals surface area contributed by atoms with Crippen molar-refractivity contribution in [1.29, 1.82) is 0 Å². The molecular formula is C5H9N4. The average Bonchev–Trinajstić information content (AvgIpc) is 2.34. The van der Waals surface area contributed by atoms with Gasteiger partial charge in [0.2, 0.25) is 0 Å². The largest absolute Gasteiger partial charge is 0.258 e. The lowest BCUT2D eigenvalue weighted by atomic mass is 10.4. The molecule has 4 nitrogen and oxygen atoms in total. The van der Waals surface area contributed by atoms with Crippen LogP contribution in [0.3, 0.4) is 0 Å². The Hall–Kier alpha value is -0.900. The van der Waals surface area contributed by atoms with E-state index in [4.69, 9.17) is 5.73 Å². The fourth-order valence-corrected chi connectivity index (χ4v) is 0.593. The molecule has 0 atom stereocenters. The van der Waals surface area contributed by atoms with Crippen LogP contribution in [0.1, 0.15) is 6.42 Å². The van der Waals surface area contributed by atoms with Crippen molar-refractivity contribution in [3.8, 4) is 0 Å². The molecule has 0 spiro atoms. The number of rotatable bonds is 3. The third-order valence-electron chi connectivity index (χ3n) is 1.04. The first-order chi connectivity index (χ1) is 4.43. The van der Waals surface area contributed by atoms with Crippen LogP contribution in [-0.2, 0) is 6.54 Å². The highest BCUT2D eigenvalue weighted by Gasteiger charge is 1.87. The summed E-state index contributed by atoms with van der Waals surface area (Å²) in [6.07, 6.45) is 4.29. The molecule has 0 aliphatic rings. The van der Waals surface area contributed by atoms with Crippen LogP contribution in [0.4, 0.5) is 0 Å². The van der Waals surface area contributed by atoms with Gasteiger partial charge < -0.3 is 0 Å². The number of aryl methyl sites for hydroxylation is 1. The van der Waals surface area contributed by atoms with Crippen molar-refractivity contribution < 1.29 is 0 Å². The Kier molecular flexibility index (Phi) is 2.21. The van der Waals surface area contributed by atoms with Crippen molar-refractivity contribution in [3.63, 3.8) is 0 Å². The highest BCUT2D eigenvalue weighted by Crippen LogP contribution is 1.83. The molecule has 1 heterocycles. The normalized spacial score (nSPS) is 9.89. The fourth-order valence-electron chi connectivity index (χ4n) is 0.593. The molecule has 9 heavy (non-hydrogen) atoms. The Labute approximate surface area is 53.7 Å². The Bertz CT molecular complexity index is 146. The Morgan fingerprint density at radius 2 is 2.44 bits per heavy atom. The van der Waals surface area contributed by atoms with E-state index < -0.39 is 0 Å².